The summed E-state index contributed by atoms with van der Waals surface area (Å²) >= 11 is 7.36. The summed E-state index contributed by atoms with van der Waals surface area (Å²) < 4.78 is 10.8. The lowest BCUT2D eigenvalue weighted by Crippen LogP contribution is -2.45. The highest BCUT2D eigenvalue weighted by Crippen LogP contribution is 2.33. The third kappa shape index (κ3) is 4.82. The van der Waals surface area contributed by atoms with E-state index >= 15 is 0 Å². The molecule has 2 aliphatic rings. The van der Waals surface area contributed by atoms with E-state index in [0.29, 0.717) is 10.6 Å². The number of hydrogen-bond acceptors (Lipinski definition) is 7. The number of nitriles is 1. The van der Waals surface area contributed by atoms with Gasteiger partial charge in [0, 0.05) is 43.3 Å². The third-order valence-corrected chi connectivity index (χ3v) is 6.46. The summed E-state index contributed by atoms with van der Waals surface area (Å²) in [7, 11) is 0. The maximum absolute atomic E-state index is 12.9. The molecular formula is C23H22ClN3O3S. The monoisotopic (exact) mass is 455 g/mol. The van der Waals surface area contributed by atoms with Crippen LogP contribution in [0.3, 0.4) is 0 Å². The van der Waals surface area contributed by atoms with Crippen molar-refractivity contribution in [3.8, 4) is 17.6 Å². The van der Waals surface area contributed by atoms with Crippen molar-refractivity contribution in [3.05, 3.63) is 69.2 Å². The Labute approximate surface area is 191 Å². The molecule has 1 saturated heterocycles. The van der Waals surface area contributed by atoms with Crippen molar-refractivity contribution >= 4 is 29.1 Å². The number of rotatable bonds is 6. The molecule has 2 aromatic carbocycles. The molecule has 8 heteroatoms. The number of thioether (sulfide) groups is 1. The number of ether oxygens (including phenoxy) is 2. The van der Waals surface area contributed by atoms with Crippen LogP contribution in [0, 0.1) is 11.3 Å². The van der Waals surface area contributed by atoms with E-state index in [1.807, 2.05) is 18.4 Å². The van der Waals surface area contributed by atoms with Crippen molar-refractivity contribution < 1.29 is 14.3 Å². The summed E-state index contributed by atoms with van der Waals surface area (Å²) in [5.74, 6) is 1.31. The minimum absolute atomic E-state index is 0.180. The first-order chi connectivity index (χ1) is 15.1. The van der Waals surface area contributed by atoms with Crippen LogP contribution >= 0.6 is 23.4 Å². The van der Waals surface area contributed by atoms with E-state index in [9.17, 15) is 10.1 Å². The van der Waals surface area contributed by atoms with Crippen molar-refractivity contribution in [1.29, 1.82) is 5.26 Å². The van der Waals surface area contributed by atoms with Gasteiger partial charge in [-0.2, -0.15) is 5.26 Å². The fraction of sp³-hybridized carbons (Fsp3) is 0.304. The van der Waals surface area contributed by atoms with Gasteiger partial charge in [-0.3, -0.25) is 9.69 Å². The first-order valence-electron chi connectivity index (χ1n) is 9.93. The molecule has 2 aliphatic heterocycles. The Kier molecular flexibility index (Phi) is 6.71. The number of halogens is 1. The number of Topliss-reactive ketones (excluding diaryl/α,β-unsaturated/α-hetero) is 1. The summed E-state index contributed by atoms with van der Waals surface area (Å²) in [4.78, 5) is 17.4. The second-order valence-electron chi connectivity index (χ2n) is 7.28. The third-order valence-electron chi connectivity index (χ3n) is 5.36. The molecule has 0 atom stereocenters. The van der Waals surface area contributed by atoms with Crippen molar-refractivity contribution in [2.45, 2.75) is 6.54 Å². The largest absolute Gasteiger partial charge is 0.454 e. The molecule has 4 rings (SSSR count). The quantitative estimate of drug-likeness (QED) is 0.368. The Morgan fingerprint density at radius 3 is 2.48 bits per heavy atom. The number of nitrogens with zero attached hydrogens (tertiary/aromatic N) is 3. The Bertz CT molecular complexity index is 1040. The van der Waals surface area contributed by atoms with Gasteiger partial charge in [0.1, 0.15) is 11.6 Å². The minimum Gasteiger partial charge on any atom is -0.454 e. The average molecular weight is 456 g/mol. The normalized spacial score (nSPS) is 16.6. The SMILES string of the molecule is CSC(=C(C#N)C(=O)c1ccc(Cl)cc1)N1CCN(Cc2ccc3c(c2)OCO3)CC1. The highest BCUT2D eigenvalue weighted by molar-refractivity contribution is 8.02. The predicted molar refractivity (Wildman–Crippen MR) is 121 cm³/mol. The van der Waals surface area contributed by atoms with Crippen LogP contribution in [0.25, 0.3) is 0 Å². The molecule has 0 bridgehead atoms. The number of ketones is 1. The number of benzene rings is 2. The van der Waals surface area contributed by atoms with E-state index in [2.05, 4.69) is 21.9 Å². The van der Waals surface area contributed by atoms with E-state index in [0.717, 1.165) is 49.3 Å². The van der Waals surface area contributed by atoms with Crippen LogP contribution in [-0.2, 0) is 6.54 Å². The summed E-state index contributed by atoms with van der Waals surface area (Å²) in [5, 5.41) is 11.0. The molecule has 0 unspecified atom stereocenters. The zero-order valence-electron chi connectivity index (χ0n) is 17.1. The fourth-order valence-electron chi connectivity index (χ4n) is 3.74. The summed E-state index contributed by atoms with van der Waals surface area (Å²) in [5.41, 5.74) is 1.82. The molecule has 31 heavy (non-hydrogen) atoms. The van der Waals surface area contributed by atoms with Gasteiger partial charge in [0.05, 0.1) is 5.03 Å². The maximum atomic E-state index is 12.9. The molecule has 2 heterocycles. The van der Waals surface area contributed by atoms with Gasteiger partial charge in [-0.25, -0.2) is 0 Å². The first-order valence-corrected chi connectivity index (χ1v) is 11.5. The predicted octanol–water partition coefficient (Wildman–Crippen LogP) is 4.17. The van der Waals surface area contributed by atoms with Crippen LogP contribution in [0.2, 0.25) is 5.02 Å². The number of carbonyl (C=O) groups is 1. The number of allylic oxidation sites excluding steroid dienone is 1. The highest BCUT2D eigenvalue weighted by Gasteiger charge is 2.25. The second-order valence-corrected chi connectivity index (χ2v) is 8.51. The number of fused-ring (bicyclic) bond motifs is 1. The maximum Gasteiger partial charge on any atom is 0.231 e. The average Bonchev–Trinajstić information content (AvgIpc) is 3.26. The lowest BCUT2D eigenvalue weighted by molar-refractivity contribution is 0.103. The molecule has 0 aliphatic carbocycles. The zero-order chi connectivity index (χ0) is 21.8. The molecule has 1 fully saturated rings. The smallest absolute Gasteiger partial charge is 0.231 e. The van der Waals surface area contributed by atoms with Gasteiger partial charge in [-0.05, 0) is 48.2 Å². The molecule has 0 aromatic heterocycles. The molecule has 0 N–H and O–H groups in total. The van der Waals surface area contributed by atoms with Crippen LogP contribution < -0.4 is 9.47 Å². The van der Waals surface area contributed by atoms with Crippen LogP contribution in [0.4, 0.5) is 0 Å². The molecule has 2 aromatic rings. The van der Waals surface area contributed by atoms with Gasteiger partial charge >= 0.3 is 0 Å². The van der Waals surface area contributed by atoms with Gasteiger partial charge < -0.3 is 14.4 Å². The van der Waals surface area contributed by atoms with E-state index in [1.165, 1.54) is 17.3 Å². The Morgan fingerprint density at radius 2 is 1.81 bits per heavy atom. The minimum atomic E-state index is -0.272. The lowest BCUT2D eigenvalue weighted by Gasteiger charge is -2.37. The molecule has 6 nitrogen and oxygen atoms in total. The molecule has 0 amide bonds. The van der Waals surface area contributed by atoms with Gasteiger partial charge in [-0.1, -0.05) is 17.7 Å². The number of carbonyl (C=O) groups excluding carboxylic acids is 1. The van der Waals surface area contributed by atoms with Crippen molar-refractivity contribution in [2.75, 3.05) is 39.2 Å². The second kappa shape index (κ2) is 9.65. The molecule has 0 spiro atoms. The van der Waals surface area contributed by atoms with Crippen molar-refractivity contribution in [2.24, 2.45) is 0 Å². The highest BCUT2D eigenvalue weighted by atomic mass is 35.5. The topological polar surface area (TPSA) is 65.8 Å². The van der Waals surface area contributed by atoms with Gasteiger partial charge in [0.2, 0.25) is 12.6 Å². The first kappa shape index (κ1) is 21.6. The van der Waals surface area contributed by atoms with Crippen molar-refractivity contribution in [1.82, 2.24) is 9.80 Å². The summed E-state index contributed by atoms with van der Waals surface area (Å²) in [6, 6.07) is 14.8. The standard InChI is InChI=1S/C23H22ClN3O3S/c1-31-23(19(13-25)22(28)17-3-5-18(24)6-4-17)27-10-8-26(9-11-27)14-16-2-7-20-21(12-16)30-15-29-20/h2-7,12H,8-11,14-15H2,1H3. The van der Waals surface area contributed by atoms with E-state index in [1.54, 1.807) is 24.3 Å². The van der Waals surface area contributed by atoms with Gasteiger partial charge in [0.15, 0.2) is 11.5 Å². The Balaban J connectivity index is 1.43. The van der Waals surface area contributed by atoms with Crippen LogP contribution in [0.5, 0.6) is 11.5 Å². The Hall–Kier alpha value is -2.66. The van der Waals surface area contributed by atoms with Crippen LogP contribution in [-0.4, -0.2) is 54.8 Å². The number of piperazine rings is 1. The zero-order valence-corrected chi connectivity index (χ0v) is 18.7. The van der Waals surface area contributed by atoms with Gasteiger partial charge in [-0.15, -0.1) is 11.8 Å². The Morgan fingerprint density at radius 1 is 1.10 bits per heavy atom. The molecule has 0 radical (unpaired) electrons. The fourth-order valence-corrected chi connectivity index (χ4v) is 4.65. The molecule has 0 saturated carbocycles. The van der Waals surface area contributed by atoms with Gasteiger partial charge in [0.25, 0.3) is 0 Å². The van der Waals surface area contributed by atoms with Crippen molar-refractivity contribution in [3.63, 3.8) is 0 Å². The van der Waals surface area contributed by atoms with E-state index in [4.69, 9.17) is 21.1 Å². The van der Waals surface area contributed by atoms with Crippen LogP contribution in [0.1, 0.15) is 15.9 Å². The molecule has 160 valence electrons. The van der Waals surface area contributed by atoms with E-state index in [-0.39, 0.29) is 18.1 Å². The summed E-state index contributed by atoms with van der Waals surface area (Å²) in [6.45, 7) is 4.27. The van der Waals surface area contributed by atoms with E-state index < -0.39 is 0 Å². The summed E-state index contributed by atoms with van der Waals surface area (Å²) in [6.07, 6.45) is 1.90. The number of hydrogen-bond donors (Lipinski definition) is 0. The lowest BCUT2D eigenvalue weighted by atomic mass is 10.0. The van der Waals surface area contributed by atoms with Crippen LogP contribution in [0.15, 0.2) is 53.1 Å². The molecular weight excluding hydrogens is 434 g/mol.